The Balaban J connectivity index is 1.73. The minimum absolute atomic E-state index is 0.0809. The lowest BCUT2D eigenvalue weighted by molar-refractivity contribution is 0.102. The third kappa shape index (κ3) is 5.74. The van der Waals surface area contributed by atoms with Crippen LogP contribution >= 0.6 is 11.6 Å². The van der Waals surface area contributed by atoms with Crippen LogP contribution in [0.2, 0.25) is 5.02 Å². The minimum atomic E-state index is -0.260. The zero-order chi connectivity index (χ0) is 23.3. The highest BCUT2D eigenvalue weighted by atomic mass is 35.5. The molecular formula is C26H28ClNO4. The molecule has 0 aromatic heterocycles. The maximum atomic E-state index is 12.8. The second kappa shape index (κ2) is 9.96. The molecule has 5 nitrogen and oxygen atoms in total. The first-order valence-corrected chi connectivity index (χ1v) is 10.6. The molecule has 0 saturated heterocycles. The molecule has 3 aromatic rings. The SMILES string of the molecule is COc1ccc(NC(=O)c2ccc(OC)c(COc3ccc(C(C)(C)C)cc3)c2)cc1Cl. The number of nitrogens with one attached hydrogen (secondary N) is 1. The van der Waals surface area contributed by atoms with Gasteiger partial charge in [-0.3, -0.25) is 4.79 Å². The van der Waals surface area contributed by atoms with Crippen LogP contribution in [0.4, 0.5) is 5.69 Å². The van der Waals surface area contributed by atoms with Crippen LogP contribution in [0.5, 0.6) is 17.2 Å². The van der Waals surface area contributed by atoms with Crippen LogP contribution in [0.3, 0.4) is 0 Å². The topological polar surface area (TPSA) is 56.8 Å². The van der Waals surface area contributed by atoms with Crippen LogP contribution in [0, 0.1) is 0 Å². The van der Waals surface area contributed by atoms with E-state index in [1.165, 1.54) is 5.56 Å². The monoisotopic (exact) mass is 453 g/mol. The van der Waals surface area contributed by atoms with Crippen molar-refractivity contribution in [2.45, 2.75) is 32.8 Å². The molecule has 0 aliphatic heterocycles. The number of hydrogen-bond donors (Lipinski definition) is 1. The van der Waals surface area contributed by atoms with E-state index in [9.17, 15) is 4.79 Å². The summed E-state index contributed by atoms with van der Waals surface area (Å²) < 4.78 is 16.5. The largest absolute Gasteiger partial charge is 0.496 e. The van der Waals surface area contributed by atoms with Crippen LogP contribution in [0.25, 0.3) is 0 Å². The Hall–Kier alpha value is -3.18. The van der Waals surface area contributed by atoms with E-state index in [-0.39, 0.29) is 17.9 Å². The number of ether oxygens (including phenoxy) is 3. The molecule has 0 unspecified atom stereocenters. The summed E-state index contributed by atoms with van der Waals surface area (Å²) in [6.07, 6.45) is 0. The summed E-state index contributed by atoms with van der Waals surface area (Å²) in [6, 6.07) is 18.4. The maximum absolute atomic E-state index is 12.8. The standard InChI is InChI=1S/C26H28ClNO4/c1-26(2,3)19-7-10-21(11-8-19)32-16-18-14-17(6-12-23(18)30-4)25(29)28-20-9-13-24(31-5)22(27)15-20/h6-15H,16H2,1-5H3,(H,28,29). The molecule has 0 spiro atoms. The van der Waals surface area contributed by atoms with Gasteiger partial charge in [0.1, 0.15) is 23.9 Å². The van der Waals surface area contributed by atoms with Gasteiger partial charge in [0.2, 0.25) is 0 Å². The zero-order valence-electron chi connectivity index (χ0n) is 19.0. The Kier molecular flexibility index (Phi) is 7.31. The van der Waals surface area contributed by atoms with E-state index in [1.54, 1.807) is 50.6 Å². The lowest BCUT2D eigenvalue weighted by Crippen LogP contribution is -2.13. The maximum Gasteiger partial charge on any atom is 0.255 e. The highest BCUT2D eigenvalue weighted by molar-refractivity contribution is 6.32. The van der Waals surface area contributed by atoms with Crippen molar-refractivity contribution in [3.05, 3.63) is 82.4 Å². The van der Waals surface area contributed by atoms with E-state index < -0.39 is 0 Å². The Bertz CT molecular complexity index is 1090. The van der Waals surface area contributed by atoms with Crippen molar-refractivity contribution in [2.75, 3.05) is 19.5 Å². The molecule has 0 fully saturated rings. The van der Waals surface area contributed by atoms with Crippen LogP contribution in [-0.4, -0.2) is 20.1 Å². The van der Waals surface area contributed by atoms with Gasteiger partial charge < -0.3 is 19.5 Å². The van der Waals surface area contributed by atoms with Crippen molar-refractivity contribution in [3.8, 4) is 17.2 Å². The van der Waals surface area contributed by atoms with Crippen molar-refractivity contribution < 1.29 is 19.0 Å². The number of carbonyl (C=O) groups excluding carboxylic acids is 1. The normalized spacial score (nSPS) is 11.1. The fourth-order valence-electron chi connectivity index (χ4n) is 3.19. The van der Waals surface area contributed by atoms with Crippen LogP contribution < -0.4 is 19.5 Å². The van der Waals surface area contributed by atoms with E-state index in [0.717, 1.165) is 11.3 Å². The first-order valence-electron chi connectivity index (χ1n) is 10.3. The number of rotatable bonds is 7. The lowest BCUT2D eigenvalue weighted by atomic mass is 9.87. The predicted molar refractivity (Wildman–Crippen MR) is 128 cm³/mol. The molecule has 0 bridgehead atoms. The van der Waals surface area contributed by atoms with Gasteiger partial charge >= 0.3 is 0 Å². The summed E-state index contributed by atoms with van der Waals surface area (Å²) in [5, 5.41) is 3.27. The minimum Gasteiger partial charge on any atom is -0.496 e. The quantitative estimate of drug-likeness (QED) is 0.444. The number of amides is 1. The van der Waals surface area contributed by atoms with Crippen molar-refractivity contribution in [1.82, 2.24) is 0 Å². The number of anilines is 1. The van der Waals surface area contributed by atoms with E-state index in [0.29, 0.717) is 27.8 Å². The molecular weight excluding hydrogens is 426 g/mol. The van der Waals surface area contributed by atoms with E-state index in [4.69, 9.17) is 25.8 Å². The second-order valence-corrected chi connectivity index (χ2v) is 8.80. The van der Waals surface area contributed by atoms with Gasteiger partial charge in [-0.15, -0.1) is 0 Å². The van der Waals surface area contributed by atoms with Gasteiger partial charge in [-0.05, 0) is 59.5 Å². The Labute approximate surface area is 194 Å². The molecule has 1 amide bonds. The van der Waals surface area contributed by atoms with Crippen LogP contribution in [0.1, 0.15) is 42.3 Å². The molecule has 0 heterocycles. The number of carbonyl (C=O) groups is 1. The Morgan fingerprint density at radius 1 is 0.906 bits per heavy atom. The number of benzene rings is 3. The summed E-state index contributed by atoms with van der Waals surface area (Å²) in [5.74, 6) is 1.69. The molecule has 0 aliphatic carbocycles. The van der Waals surface area contributed by atoms with E-state index >= 15 is 0 Å². The highest BCUT2D eigenvalue weighted by Gasteiger charge is 2.14. The number of hydrogen-bond acceptors (Lipinski definition) is 4. The van der Waals surface area contributed by atoms with Gasteiger partial charge in [-0.25, -0.2) is 0 Å². The van der Waals surface area contributed by atoms with Crippen LogP contribution in [-0.2, 0) is 12.0 Å². The van der Waals surface area contributed by atoms with Gasteiger partial charge in [-0.1, -0.05) is 44.5 Å². The molecule has 0 radical (unpaired) electrons. The average molecular weight is 454 g/mol. The third-order valence-corrected chi connectivity index (χ3v) is 5.36. The average Bonchev–Trinajstić information content (AvgIpc) is 2.77. The Morgan fingerprint density at radius 3 is 2.16 bits per heavy atom. The number of halogens is 1. The molecule has 1 N–H and O–H groups in total. The first kappa shape index (κ1) is 23.5. The summed E-state index contributed by atoms with van der Waals surface area (Å²) >= 11 is 6.15. The highest BCUT2D eigenvalue weighted by Crippen LogP contribution is 2.29. The van der Waals surface area contributed by atoms with Crippen molar-refractivity contribution in [3.63, 3.8) is 0 Å². The number of methoxy groups -OCH3 is 2. The molecule has 32 heavy (non-hydrogen) atoms. The summed E-state index contributed by atoms with van der Waals surface area (Å²) in [7, 11) is 3.13. The van der Waals surface area contributed by atoms with Crippen molar-refractivity contribution in [2.24, 2.45) is 0 Å². The second-order valence-electron chi connectivity index (χ2n) is 8.39. The molecule has 0 saturated carbocycles. The molecule has 3 rings (SSSR count). The molecule has 168 valence electrons. The van der Waals surface area contributed by atoms with E-state index in [2.05, 4.69) is 38.2 Å². The van der Waals surface area contributed by atoms with Gasteiger partial charge in [0.25, 0.3) is 5.91 Å². The van der Waals surface area contributed by atoms with Gasteiger partial charge in [0, 0.05) is 16.8 Å². The summed E-state index contributed by atoms with van der Waals surface area (Å²) in [5.41, 5.74) is 3.15. The van der Waals surface area contributed by atoms with Crippen LogP contribution in [0.15, 0.2) is 60.7 Å². The van der Waals surface area contributed by atoms with Crippen molar-refractivity contribution >= 4 is 23.2 Å². The molecule has 3 aromatic carbocycles. The van der Waals surface area contributed by atoms with Gasteiger partial charge in [0.05, 0.1) is 19.2 Å². The zero-order valence-corrected chi connectivity index (χ0v) is 19.7. The first-order chi connectivity index (χ1) is 15.2. The fourth-order valence-corrected chi connectivity index (χ4v) is 3.45. The Morgan fingerprint density at radius 2 is 1.56 bits per heavy atom. The molecule has 6 heteroatoms. The molecule has 0 aliphatic rings. The lowest BCUT2D eigenvalue weighted by Gasteiger charge is -2.19. The van der Waals surface area contributed by atoms with E-state index in [1.807, 2.05) is 12.1 Å². The fraction of sp³-hybridized carbons (Fsp3) is 0.269. The van der Waals surface area contributed by atoms with Gasteiger partial charge in [-0.2, -0.15) is 0 Å². The predicted octanol–water partition coefficient (Wildman–Crippen LogP) is 6.49. The summed E-state index contributed by atoms with van der Waals surface area (Å²) in [4.78, 5) is 12.8. The smallest absolute Gasteiger partial charge is 0.255 e. The molecule has 0 atom stereocenters. The van der Waals surface area contributed by atoms with Gasteiger partial charge in [0.15, 0.2) is 0 Å². The van der Waals surface area contributed by atoms with Crippen molar-refractivity contribution in [1.29, 1.82) is 0 Å². The summed E-state index contributed by atoms with van der Waals surface area (Å²) in [6.45, 7) is 6.78. The third-order valence-electron chi connectivity index (χ3n) is 5.07.